The molecule has 134 valence electrons. The second-order valence-corrected chi connectivity index (χ2v) is 5.70. The first kappa shape index (κ1) is 19.4. The zero-order valence-electron chi connectivity index (χ0n) is 14.3. The van der Waals surface area contributed by atoms with Crippen molar-refractivity contribution in [1.82, 2.24) is 5.32 Å². The van der Waals surface area contributed by atoms with E-state index in [9.17, 15) is 0 Å². The standard InChI is InChI=1S/C19H23N3O2.HI/c1-23-17-8-4-2-6-14(17)10-12-21-19(20)22-16-11-13-24-18-9-5-3-7-15(16)18;/h2-9,16H,10-13H2,1H3,(H3,20,21,22);1H. The van der Waals surface area contributed by atoms with Crippen LogP contribution < -0.4 is 20.5 Å². The van der Waals surface area contributed by atoms with Gasteiger partial charge in [-0.3, -0.25) is 4.99 Å². The van der Waals surface area contributed by atoms with Gasteiger partial charge in [0.1, 0.15) is 11.5 Å². The summed E-state index contributed by atoms with van der Waals surface area (Å²) in [5, 5.41) is 3.31. The van der Waals surface area contributed by atoms with Gasteiger partial charge >= 0.3 is 0 Å². The highest BCUT2D eigenvalue weighted by Crippen LogP contribution is 2.31. The molecular weight excluding hydrogens is 429 g/mol. The SMILES string of the molecule is COc1ccccc1CCN=C(N)NC1CCOc2ccccc21.I. The highest BCUT2D eigenvalue weighted by atomic mass is 127. The maximum Gasteiger partial charge on any atom is 0.189 e. The first-order valence-corrected chi connectivity index (χ1v) is 8.18. The number of guanidine groups is 1. The number of hydrogen-bond acceptors (Lipinski definition) is 3. The van der Waals surface area contributed by atoms with Gasteiger partial charge in [0.2, 0.25) is 0 Å². The smallest absolute Gasteiger partial charge is 0.189 e. The molecule has 3 rings (SSSR count). The lowest BCUT2D eigenvalue weighted by Crippen LogP contribution is -2.37. The molecular formula is C19H24IN3O2. The average Bonchev–Trinajstić information content (AvgIpc) is 2.62. The highest BCUT2D eigenvalue weighted by Gasteiger charge is 2.21. The Morgan fingerprint density at radius 3 is 2.84 bits per heavy atom. The van der Waals surface area contributed by atoms with Crippen molar-refractivity contribution in [2.24, 2.45) is 10.7 Å². The van der Waals surface area contributed by atoms with E-state index in [2.05, 4.69) is 16.4 Å². The predicted molar refractivity (Wildman–Crippen MR) is 111 cm³/mol. The van der Waals surface area contributed by atoms with E-state index < -0.39 is 0 Å². The molecule has 1 atom stereocenters. The van der Waals surface area contributed by atoms with Gasteiger partial charge in [0.05, 0.1) is 19.8 Å². The van der Waals surface area contributed by atoms with Crippen LogP contribution in [0.5, 0.6) is 11.5 Å². The maximum atomic E-state index is 6.06. The largest absolute Gasteiger partial charge is 0.496 e. The van der Waals surface area contributed by atoms with Crippen LogP contribution >= 0.6 is 24.0 Å². The molecule has 0 bridgehead atoms. The number of aliphatic imine (C=N–C) groups is 1. The molecule has 0 amide bonds. The van der Waals surface area contributed by atoms with Crippen molar-refractivity contribution in [3.8, 4) is 11.5 Å². The van der Waals surface area contributed by atoms with E-state index >= 15 is 0 Å². The number of halogens is 1. The van der Waals surface area contributed by atoms with Gasteiger partial charge in [-0.05, 0) is 24.1 Å². The normalized spacial score (nSPS) is 16.2. The summed E-state index contributed by atoms with van der Waals surface area (Å²) in [4.78, 5) is 4.45. The Hall–Kier alpha value is -1.96. The minimum Gasteiger partial charge on any atom is -0.496 e. The van der Waals surface area contributed by atoms with E-state index in [1.807, 2.05) is 42.5 Å². The minimum absolute atomic E-state index is 0. The van der Waals surface area contributed by atoms with Crippen LogP contribution in [-0.2, 0) is 6.42 Å². The Morgan fingerprint density at radius 1 is 1.24 bits per heavy atom. The van der Waals surface area contributed by atoms with Crippen LogP contribution in [0.25, 0.3) is 0 Å². The van der Waals surface area contributed by atoms with Crippen molar-refractivity contribution < 1.29 is 9.47 Å². The molecule has 1 heterocycles. The first-order valence-electron chi connectivity index (χ1n) is 8.18. The van der Waals surface area contributed by atoms with E-state index in [0.29, 0.717) is 19.1 Å². The van der Waals surface area contributed by atoms with Gasteiger partial charge in [-0.1, -0.05) is 36.4 Å². The molecule has 0 aromatic heterocycles. The van der Waals surface area contributed by atoms with Crippen molar-refractivity contribution in [3.05, 3.63) is 59.7 Å². The number of methoxy groups -OCH3 is 1. The van der Waals surface area contributed by atoms with Crippen LogP contribution in [0.15, 0.2) is 53.5 Å². The fourth-order valence-electron chi connectivity index (χ4n) is 2.92. The summed E-state index contributed by atoms with van der Waals surface area (Å²) in [6.45, 7) is 1.30. The summed E-state index contributed by atoms with van der Waals surface area (Å²) in [6, 6.07) is 16.2. The Bertz CT molecular complexity index is 721. The van der Waals surface area contributed by atoms with E-state index in [1.165, 1.54) is 0 Å². The van der Waals surface area contributed by atoms with Crippen molar-refractivity contribution in [2.75, 3.05) is 20.3 Å². The van der Waals surface area contributed by atoms with E-state index in [4.69, 9.17) is 15.2 Å². The molecule has 1 aliphatic rings. The summed E-state index contributed by atoms with van der Waals surface area (Å²) < 4.78 is 11.0. The van der Waals surface area contributed by atoms with Crippen LogP contribution in [0, 0.1) is 0 Å². The van der Waals surface area contributed by atoms with E-state index in [1.54, 1.807) is 7.11 Å². The lowest BCUT2D eigenvalue weighted by molar-refractivity contribution is 0.262. The molecule has 5 nitrogen and oxygen atoms in total. The molecule has 1 unspecified atom stereocenters. The van der Waals surface area contributed by atoms with Gasteiger partial charge in [-0.2, -0.15) is 0 Å². The van der Waals surface area contributed by atoms with Crippen molar-refractivity contribution in [3.63, 3.8) is 0 Å². The Morgan fingerprint density at radius 2 is 2.00 bits per heavy atom. The number of nitrogens with zero attached hydrogens (tertiary/aromatic N) is 1. The molecule has 2 aromatic rings. The summed E-state index contributed by atoms with van der Waals surface area (Å²) in [7, 11) is 1.68. The van der Waals surface area contributed by atoms with Gasteiger partial charge in [-0.15, -0.1) is 24.0 Å². The number of nitrogens with one attached hydrogen (secondary N) is 1. The quantitative estimate of drug-likeness (QED) is 0.414. The second-order valence-electron chi connectivity index (χ2n) is 5.70. The number of hydrogen-bond donors (Lipinski definition) is 2. The number of fused-ring (bicyclic) bond motifs is 1. The van der Waals surface area contributed by atoms with Crippen molar-refractivity contribution in [1.29, 1.82) is 0 Å². The van der Waals surface area contributed by atoms with Gasteiger partial charge in [-0.25, -0.2) is 0 Å². The van der Waals surface area contributed by atoms with Crippen LogP contribution in [-0.4, -0.2) is 26.2 Å². The second kappa shape index (κ2) is 9.50. The first-order chi connectivity index (χ1) is 11.8. The summed E-state index contributed by atoms with van der Waals surface area (Å²) in [5.41, 5.74) is 8.33. The molecule has 1 aliphatic heterocycles. The number of para-hydroxylation sites is 2. The van der Waals surface area contributed by atoms with E-state index in [-0.39, 0.29) is 30.0 Å². The molecule has 25 heavy (non-hydrogen) atoms. The maximum absolute atomic E-state index is 6.06. The third kappa shape index (κ3) is 5.01. The summed E-state index contributed by atoms with van der Waals surface area (Å²) >= 11 is 0. The van der Waals surface area contributed by atoms with Gasteiger partial charge < -0.3 is 20.5 Å². The molecule has 0 radical (unpaired) electrons. The third-order valence-electron chi connectivity index (χ3n) is 4.14. The molecule has 0 saturated carbocycles. The minimum atomic E-state index is 0. The van der Waals surface area contributed by atoms with Gasteiger partial charge in [0.25, 0.3) is 0 Å². The van der Waals surface area contributed by atoms with Crippen LogP contribution in [0.3, 0.4) is 0 Å². The Kier molecular flexibility index (Phi) is 7.36. The zero-order chi connectivity index (χ0) is 16.8. The number of nitrogens with two attached hydrogens (primary N) is 1. The molecule has 0 saturated heterocycles. The van der Waals surface area contributed by atoms with E-state index in [0.717, 1.165) is 35.5 Å². The fraction of sp³-hybridized carbons (Fsp3) is 0.316. The van der Waals surface area contributed by atoms with Crippen LogP contribution in [0.1, 0.15) is 23.6 Å². The molecule has 0 aliphatic carbocycles. The molecule has 0 spiro atoms. The fourth-order valence-corrected chi connectivity index (χ4v) is 2.92. The van der Waals surface area contributed by atoms with Gasteiger partial charge in [0.15, 0.2) is 5.96 Å². The predicted octanol–water partition coefficient (Wildman–Crippen LogP) is 3.28. The van der Waals surface area contributed by atoms with Crippen LogP contribution in [0.2, 0.25) is 0 Å². The van der Waals surface area contributed by atoms with Crippen LogP contribution in [0.4, 0.5) is 0 Å². The Balaban J connectivity index is 0.00000225. The highest BCUT2D eigenvalue weighted by molar-refractivity contribution is 14.0. The monoisotopic (exact) mass is 453 g/mol. The topological polar surface area (TPSA) is 68.9 Å². The number of rotatable bonds is 5. The zero-order valence-corrected chi connectivity index (χ0v) is 16.6. The summed E-state index contributed by atoms with van der Waals surface area (Å²) in [6.07, 6.45) is 1.66. The van der Waals surface area contributed by atoms with Gasteiger partial charge in [0, 0.05) is 18.5 Å². The lowest BCUT2D eigenvalue weighted by Gasteiger charge is -2.26. The molecule has 3 N–H and O–H groups in total. The number of benzene rings is 2. The number of ether oxygens (including phenoxy) is 2. The van der Waals surface area contributed by atoms with Crippen molar-refractivity contribution >= 4 is 29.9 Å². The molecule has 2 aromatic carbocycles. The van der Waals surface area contributed by atoms with Crippen molar-refractivity contribution in [2.45, 2.75) is 18.9 Å². The lowest BCUT2D eigenvalue weighted by atomic mass is 10.0. The average molecular weight is 453 g/mol. The Labute approximate surface area is 165 Å². The third-order valence-corrected chi connectivity index (χ3v) is 4.14. The summed E-state index contributed by atoms with van der Waals surface area (Å²) in [5.74, 6) is 2.27. The molecule has 0 fully saturated rings. The molecule has 6 heteroatoms.